The molecule has 1 aliphatic carbocycles. The van der Waals surface area contributed by atoms with Crippen LogP contribution in [-0.4, -0.2) is 40.7 Å². The number of pyridine rings is 1. The number of imide groups is 1. The van der Waals surface area contributed by atoms with Gasteiger partial charge in [-0.1, -0.05) is 18.2 Å². The third-order valence-corrected chi connectivity index (χ3v) is 6.73. The number of rotatable bonds is 5. The molecule has 4 atom stereocenters. The van der Waals surface area contributed by atoms with Crippen molar-refractivity contribution in [2.24, 2.45) is 11.8 Å². The quantitative estimate of drug-likeness (QED) is 0.538. The molecule has 0 spiro atoms. The summed E-state index contributed by atoms with van der Waals surface area (Å²) in [5.74, 6) is -1.55. The van der Waals surface area contributed by atoms with Crippen molar-refractivity contribution in [2.75, 3.05) is 10.2 Å². The van der Waals surface area contributed by atoms with E-state index in [2.05, 4.69) is 16.9 Å². The normalized spacial score (nSPS) is 27.0. The van der Waals surface area contributed by atoms with Gasteiger partial charge in [0.1, 0.15) is 0 Å². The second-order valence-electron chi connectivity index (χ2n) is 9.51. The van der Waals surface area contributed by atoms with E-state index in [-0.39, 0.29) is 35.8 Å². The van der Waals surface area contributed by atoms with Crippen molar-refractivity contribution in [1.82, 2.24) is 4.98 Å². The smallest absolute Gasteiger partial charge is 0.267 e. The fourth-order valence-corrected chi connectivity index (χ4v) is 5.37. The van der Waals surface area contributed by atoms with E-state index < -0.39 is 17.6 Å². The molecule has 3 amide bonds. The van der Waals surface area contributed by atoms with Gasteiger partial charge >= 0.3 is 0 Å². The molecule has 1 saturated carbocycles. The molecular formula is C26H27N3O5. The second kappa shape index (κ2) is 8.14. The first-order valence-electron chi connectivity index (χ1n) is 11.4. The molecule has 0 unspecified atom stereocenters. The SMILES string of the molecule is C=C[C@H]1C[C@@H](Cc2ccnc(N3C(=O)c4ccccc4C3=O)c2NC(C)=O)[C@@H]2OC(C)(C)O[C@@H]21. The Hall–Kier alpha value is -3.36. The summed E-state index contributed by atoms with van der Waals surface area (Å²) in [7, 11) is 0. The van der Waals surface area contributed by atoms with E-state index in [9.17, 15) is 14.4 Å². The maximum Gasteiger partial charge on any atom is 0.267 e. The number of hydrogen-bond donors (Lipinski definition) is 1. The summed E-state index contributed by atoms with van der Waals surface area (Å²) < 4.78 is 12.4. The van der Waals surface area contributed by atoms with Gasteiger partial charge in [0.2, 0.25) is 5.91 Å². The largest absolute Gasteiger partial charge is 0.344 e. The van der Waals surface area contributed by atoms with Crippen LogP contribution in [0.1, 0.15) is 53.5 Å². The molecule has 0 bridgehead atoms. The lowest BCUT2D eigenvalue weighted by Gasteiger charge is -2.24. The highest BCUT2D eigenvalue weighted by atomic mass is 16.8. The molecule has 3 heterocycles. The van der Waals surface area contributed by atoms with Crippen LogP contribution in [0, 0.1) is 11.8 Å². The summed E-state index contributed by atoms with van der Waals surface area (Å²) in [6.07, 6.45) is 4.64. The molecule has 5 rings (SSSR count). The molecule has 3 aliphatic rings. The number of nitrogens with zero attached hydrogens (tertiary/aromatic N) is 2. The van der Waals surface area contributed by atoms with Crippen LogP contribution in [0.15, 0.2) is 49.2 Å². The van der Waals surface area contributed by atoms with Gasteiger partial charge in [0.05, 0.1) is 29.0 Å². The molecule has 2 aliphatic heterocycles. The number of amides is 3. The Morgan fingerprint density at radius 3 is 2.44 bits per heavy atom. The van der Waals surface area contributed by atoms with E-state index in [1.54, 1.807) is 30.5 Å². The Labute approximate surface area is 197 Å². The number of hydrogen-bond acceptors (Lipinski definition) is 6. The molecule has 34 heavy (non-hydrogen) atoms. The Morgan fingerprint density at radius 2 is 1.82 bits per heavy atom. The molecule has 1 saturated heterocycles. The molecule has 8 heteroatoms. The van der Waals surface area contributed by atoms with E-state index in [1.165, 1.54) is 6.92 Å². The zero-order valence-corrected chi connectivity index (χ0v) is 19.4. The minimum absolute atomic E-state index is 0.0840. The van der Waals surface area contributed by atoms with E-state index in [0.29, 0.717) is 23.2 Å². The molecule has 0 radical (unpaired) electrons. The third kappa shape index (κ3) is 3.63. The van der Waals surface area contributed by atoms with Crippen LogP contribution in [-0.2, 0) is 20.7 Å². The molecule has 1 aromatic carbocycles. The maximum atomic E-state index is 13.1. The van der Waals surface area contributed by atoms with Crippen LogP contribution in [0.2, 0.25) is 0 Å². The minimum atomic E-state index is -0.681. The lowest BCUT2D eigenvalue weighted by atomic mass is 9.94. The van der Waals surface area contributed by atoms with E-state index in [1.807, 2.05) is 26.0 Å². The van der Waals surface area contributed by atoms with E-state index >= 15 is 0 Å². The fourth-order valence-electron chi connectivity index (χ4n) is 5.37. The van der Waals surface area contributed by atoms with Crippen LogP contribution in [0.3, 0.4) is 0 Å². The van der Waals surface area contributed by atoms with Gasteiger partial charge in [-0.05, 0) is 56.4 Å². The number of fused-ring (bicyclic) bond motifs is 2. The number of carbonyl (C=O) groups excluding carboxylic acids is 3. The molecule has 1 aromatic heterocycles. The van der Waals surface area contributed by atoms with Crippen LogP contribution in [0.4, 0.5) is 11.5 Å². The summed E-state index contributed by atoms with van der Waals surface area (Å²) >= 11 is 0. The number of nitrogens with one attached hydrogen (secondary N) is 1. The van der Waals surface area contributed by atoms with E-state index in [4.69, 9.17) is 9.47 Å². The number of anilines is 2. The monoisotopic (exact) mass is 461 g/mol. The first kappa shape index (κ1) is 22.4. The Balaban J connectivity index is 1.52. The Morgan fingerprint density at radius 1 is 1.18 bits per heavy atom. The highest BCUT2D eigenvalue weighted by Gasteiger charge is 2.53. The highest BCUT2D eigenvalue weighted by Crippen LogP contribution is 2.47. The van der Waals surface area contributed by atoms with Crippen LogP contribution < -0.4 is 10.2 Å². The Bertz CT molecular complexity index is 1170. The molecule has 2 aromatic rings. The predicted octanol–water partition coefficient (Wildman–Crippen LogP) is 3.73. The molecular weight excluding hydrogens is 434 g/mol. The summed E-state index contributed by atoms with van der Waals surface area (Å²) in [4.78, 5) is 43.7. The number of benzene rings is 1. The van der Waals surface area contributed by atoms with E-state index in [0.717, 1.165) is 16.9 Å². The van der Waals surface area contributed by atoms with Crippen molar-refractivity contribution < 1.29 is 23.9 Å². The first-order chi connectivity index (χ1) is 16.2. The topological polar surface area (TPSA) is 97.8 Å². The van der Waals surface area contributed by atoms with Crippen molar-refractivity contribution >= 4 is 29.2 Å². The van der Waals surface area contributed by atoms with Gasteiger partial charge in [-0.15, -0.1) is 6.58 Å². The molecule has 176 valence electrons. The average molecular weight is 462 g/mol. The van der Waals surface area contributed by atoms with Gasteiger partial charge in [0.15, 0.2) is 11.6 Å². The van der Waals surface area contributed by atoms with Gasteiger partial charge in [-0.25, -0.2) is 9.88 Å². The number of ether oxygens (including phenoxy) is 2. The van der Waals surface area contributed by atoms with Crippen LogP contribution in [0.5, 0.6) is 0 Å². The highest BCUT2D eigenvalue weighted by molar-refractivity contribution is 6.35. The van der Waals surface area contributed by atoms with Gasteiger partial charge in [-0.3, -0.25) is 14.4 Å². The lowest BCUT2D eigenvalue weighted by molar-refractivity contribution is -0.159. The standard InChI is InChI=1S/C26H27N3O5/c1-5-15-12-17(22-21(15)33-26(3,4)34-22)13-16-10-11-27-23(20(16)28-14(2)30)29-24(31)18-8-6-7-9-19(18)25(29)32/h5-11,15,17,21-22H,1,12-13H2,2-4H3,(H,28,30)/t15-,17-,21+,22-/m0/s1. The number of carbonyl (C=O) groups is 3. The van der Waals surface area contributed by atoms with Crippen molar-refractivity contribution in [3.63, 3.8) is 0 Å². The van der Waals surface area contributed by atoms with Crippen molar-refractivity contribution in [1.29, 1.82) is 0 Å². The van der Waals surface area contributed by atoms with Gasteiger partial charge < -0.3 is 14.8 Å². The zero-order valence-electron chi connectivity index (χ0n) is 19.4. The summed E-state index contributed by atoms with van der Waals surface area (Å²) in [5.41, 5.74) is 1.78. The van der Waals surface area contributed by atoms with Gasteiger partial charge in [0.25, 0.3) is 11.8 Å². The van der Waals surface area contributed by atoms with Crippen molar-refractivity contribution in [3.8, 4) is 0 Å². The first-order valence-corrected chi connectivity index (χ1v) is 11.4. The van der Waals surface area contributed by atoms with Gasteiger partial charge in [-0.2, -0.15) is 0 Å². The predicted molar refractivity (Wildman–Crippen MR) is 125 cm³/mol. The molecule has 1 N–H and O–H groups in total. The molecule has 8 nitrogen and oxygen atoms in total. The number of aromatic nitrogens is 1. The second-order valence-corrected chi connectivity index (χ2v) is 9.51. The third-order valence-electron chi connectivity index (χ3n) is 6.73. The summed E-state index contributed by atoms with van der Waals surface area (Å²) in [6.45, 7) is 9.16. The summed E-state index contributed by atoms with van der Waals surface area (Å²) in [5, 5.41) is 2.82. The average Bonchev–Trinajstić information content (AvgIpc) is 3.36. The maximum absolute atomic E-state index is 13.1. The van der Waals surface area contributed by atoms with Crippen molar-refractivity contribution in [3.05, 3.63) is 65.9 Å². The lowest BCUT2D eigenvalue weighted by Crippen LogP contribution is -2.32. The zero-order chi connectivity index (χ0) is 24.2. The summed E-state index contributed by atoms with van der Waals surface area (Å²) in [6, 6.07) is 8.47. The van der Waals surface area contributed by atoms with Gasteiger partial charge in [0, 0.05) is 19.0 Å². The minimum Gasteiger partial charge on any atom is -0.344 e. The van der Waals surface area contributed by atoms with Crippen LogP contribution in [0.25, 0.3) is 0 Å². The molecule has 2 fully saturated rings. The fraction of sp³-hybridized carbons (Fsp3) is 0.385. The Kier molecular flexibility index (Phi) is 5.37. The van der Waals surface area contributed by atoms with Crippen LogP contribution >= 0.6 is 0 Å². The van der Waals surface area contributed by atoms with Crippen molar-refractivity contribution in [2.45, 2.75) is 51.6 Å².